The van der Waals surface area contributed by atoms with E-state index in [1.54, 1.807) is 0 Å². The van der Waals surface area contributed by atoms with E-state index >= 15 is 0 Å². The number of aliphatic carboxylic acids is 1. The minimum atomic E-state index is -4.68. The fourth-order valence-corrected chi connectivity index (χ4v) is 5.65. The third kappa shape index (κ3) is 6.11. The van der Waals surface area contributed by atoms with Crippen molar-refractivity contribution < 1.29 is 36.3 Å². The Kier molecular flexibility index (Phi) is 7.51. The number of carboxylic acid groups (broad SMARTS) is 1. The number of carboxylic acids is 1. The van der Waals surface area contributed by atoms with E-state index in [1.807, 2.05) is 0 Å². The molecule has 0 radical (unpaired) electrons. The van der Waals surface area contributed by atoms with Crippen LogP contribution in [-0.2, 0) is 27.4 Å². The van der Waals surface area contributed by atoms with Crippen LogP contribution in [0.25, 0.3) is 11.8 Å². The van der Waals surface area contributed by atoms with Crippen molar-refractivity contribution >= 4 is 27.8 Å². The summed E-state index contributed by atoms with van der Waals surface area (Å²) in [6.45, 7) is 1.35. The number of halogens is 3. The van der Waals surface area contributed by atoms with Gasteiger partial charge in [-0.05, 0) is 73.4 Å². The Morgan fingerprint density at radius 2 is 1.77 bits per heavy atom. The Labute approximate surface area is 221 Å². The number of benzene rings is 2. The highest BCUT2D eigenvalue weighted by molar-refractivity contribution is 7.92. The minimum Gasteiger partial charge on any atom is -0.478 e. The lowest BCUT2D eigenvalue weighted by molar-refractivity contribution is -0.137. The van der Waals surface area contributed by atoms with Crippen LogP contribution < -0.4 is 10.9 Å². The van der Waals surface area contributed by atoms with Crippen LogP contribution in [0.5, 0.6) is 0 Å². The first kappa shape index (κ1) is 27.8. The Hall–Kier alpha value is -4.19. The standard InChI is InChI=1S/C27H23F3N2O6S/c1-16-18(7-12-24(33)34)13-23(26(36)32(16)20-4-2-3-19(14-20)27(28,29)30)25(35)31-15-17-5-8-21(9-6-17)39(37,38)22-10-11-22/h2-9,12-14,22H,10-11,15H2,1H3,(H,31,35)(H,33,34). The molecule has 1 aliphatic carbocycles. The van der Waals surface area contributed by atoms with E-state index in [4.69, 9.17) is 5.11 Å². The predicted octanol–water partition coefficient (Wildman–Crippen LogP) is 4.13. The molecule has 8 nitrogen and oxygen atoms in total. The molecule has 1 amide bonds. The highest BCUT2D eigenvalue weighted by Crippen LogP contribution is 2.33. The van der Waals surface area contributed by atoms with E-state index in [9.17, 15) is 36.0 Å². The molecule has 39 heavy (non-hydrogen) atoms. The molecule has 3 aromatic rings. The summed E-state index contributed by atoms with van der Waals surface area (Å²) in [7, 11) is -3.38. The second-order valence-electron chi connectivity index (χ2n) is 9.03. The van der Waals surface area contributed by atoms with Gasteiger partial charge in [0, 0.05) is 24.0 Å². The van der Waals surface area contributed by atoms with Crippen LogP contribution in [0, 0.1) is 6.92 Å². The van der Waals surface area contributed by atoms with Gasteiger partial charge in [-0.1, -0.05) is 18.2 Å². The van der Waals surface area contributed by atoms with Gasteiger partial charge in [0.25, 0.3) is 11.5 Å². The smallest absolute Gasteiger partial charge is 0.416 e. The third-order valence-electron chi connectivity index (χ3n) is 6.24. The minimum absolute atomic E-state index is 0.0697. The summed E-state index contributed by atoms with van der Waals surface area (Å²) in [5.41, 5.74) is -1.67. The van der Waals surface area contributed by atoms with Gasteiger partial charge in [-0.25, -0.2) is 13.2 Å². The van der Waals surface area contributed by atoms with Gasteiger partial charge in [-0.2, -0.15) is 13.2 Å². The first-order valence-electron chi connectivity index (χ1n) is 11.8. The molecule has 2 aromatic carbocycles. The zero-order valence-corrected chi connectivity index (χ0v) is 21.3. The van der Waals surface area contributed by atoms with Crippen molar-refractivity contribution in [2.24, 2.45) is 0 Å². The number of sulfone groups is 1. The van der Waals surface area contributed by atoms with Crippen LogP contribution in [0.4, 0.5) is 13.2 Å². The summed E-state index contributed by atoms with van der Waals surface area (Å²) in [5.74, 6) is -2.15. The molecule has 1 saturated carbocycles. The zero-order valence-electron chi connectivity index (χ0n) is 20.5. The summed E-state index contributed by atoms with van der Waals surface area (Å²) >= 11 is 0. The van der Waals surface area contributed by atoms with Gasteiger partial charge in [0.15, 0.2) is 9.84 Å². The van der Waals surface area contributed by atoms with Crippen LogP contribution in [0.2, 0.25) is 0 Å². The molecule has 0 saturated heterocycles. The van der Waals surface area contributed by atoms with Crippen molar-refractivity contribution in [3.05, 3.63) is 99.0 Å². The summed E-state index contributed by atoms with van der Waals surface area (Å²) in [4.78, 5) is 37.6. The maximum Gasteiger partial charge on any atom is 0.416 e. The number of nitrogens with one attached hydrogen (secondary N) is 1. The van der Waals surface area contributed by atoms with E-state index in [2.05, 4.69) is 5.32 Å². The van der Waals surface area contributed by atoms with Crippen molar-refractivity contribution in [3.63, 3.8) is 0 Å². The third-order valence-corrected chi connectivity index (χ3v) is 8.51. The molecule has 2 N–H and O–H groups in total. The molecule has 0 aliphatic heterocycles. The van der Waals surface area contributed by atoms with Crippen LogP contribution >= 0.6 is 0 Å². The SMILES string of the molecule is Cc1c(C=CC(=O)O)cc(C(=O)NCc2ccc(S(=O)(=O)C3CC3)cc2)c(=O)n1-c1cccc(C(F)(F)F)c1. The van der Waals surface area contributed by atoms with Crippen molar-refractivity contribution in [3.8, 4) is 5.69 Å². The molecule has 1 fully saturated rings. The number of aromatic nitrogens is 1. The van der Waals surface area contributed by atoms with E-state index in [1.165, 1.54) is 43.3 Å². The fraction of sp³-hybridized carbons (Fsp3) is 0.222. The zero-order chi connectivity index (χ0) is 28.5. The average molecular weight is 561 g/mol. The molecular weight excluding hydrogens is 537 g/mol. The van der Waals surface area contributed by atoms with Crippen molar-refractivity contribution in [1.29, 1.82) is 0 Å². The first-order chi connectivity index (χ1) is 18.3. The molecule has 1 aromatic heterocycles. The second kappa shape index (κ2) is 10.5. The van der Waals surface area contributed by atoms with E-state index in [-0.39, 0.29) is 33.6 Å². The van der Waals surface area contributed by atoms with Gasteiger partial charge < -0.3 is 10.4 Å². The summed E-state index contributed by atoms with van der Waals surface area (Å²) in [6, 6.07) is 11.1. The Morgan fingerprint density at radius 1 is 1.10 bits per heavy atom. The molecular formula is C27H23F3N2O6S. The molecule has 0 unspecified atom stereocenters. The number of amides is 1. The first-order valence-corrected chi connectivity index (χ1v) is 13.3. The highest BCUT2D eigenvalue weighted by atomic mass is 32.2. The van der Waals surface area contributed by atoms with Crippen LogP contribution in [0.15, 0.2) is 70.4 Å². The largest absolute Gasteiger partial charge is 0.478 e. The number of hydrogen-bond acceptors (Lipinski definition) is 5. The topological polar surface area (TPSA) is 123 Å². The Bertz CT molecular complexity index is 1640. The summed E-state index contributed by atoms with van der Waals surface area (Å²) in [6.07, 6.45) is -1.52. The van der Waals surface area contributed by atoms with Gasteiger partial charge in [0.2, 0.25) is 0 Å². The van der Waals surface area contributed by atoms with Gasteiger partial charge in [-0.15, -0.1) is 0 Å². The normalized spacial score (nSPS) is 13.9. The monoisotopic (exact) mass is 560 g/mol. The number of hydrogen-bond donors (Lipinski definition) is 2. The second-order valence-corrected chi connectivity index (χ2v) is 11.3. The number of carbonyl (C=O) groups is 2. The molecule has 0 bridgehead atoms. The van der Waals surface area contributed by atoms with Gasteiger partial charge in [0.1, 0.15) is 5.56 Å². The lowest BCUT2D eigenvalue weighted by atomic mass is 10.1. The van der Waals surface area contributed by atoms with E-state index < -0.39 is 44.6 Å². The number of rotatable bonds is 8. The number of pyridine rings is 1. The molecule has 4 rings (SSSR count). The predicted molar refractivity (Wildman–Crippen MR) is 136 cm³/mol. The molecule has 1 aliphatic rings. The summed E-state index contributed by atoms with van der Waals surface area (Å²) in [5, 5.41) is 11.2. The average Bonchev–Trinajstić information content (AvgIpc) is 3.73. The quantitative estimate of drug-likeness (QED) is 0.400. The number of nitrogens with zero attached hydrogens (tertiary/aromatic N) is 1. The molecule has 0 spiro atoms. The lowest BCUT2D eigenvalue weighted by Crippen LogP contribution is -2.33. The van der Waals surface area contributed by atoms with E-state index in [0.29, 0.717) is 18.4 Å². The molecule has 204 valence electrons. The van der Waals surface area contributed by atoms with Gasteiger partial charge in [0.05, 0.1) is 15.7 Å². The number of alkyl halides is 3. The Balaban J connectivity index is 1.68. The van der Waals surface area contributed by atoms with Gasteiger partial charge in [-0.3, -0.25) is 14.2 Å². The van der Waals surface area contributed by atoms with Crippen LogP contribution in [0.1, 0.15) is 45.6 Å². The molecule has 0 atom stereocenters. The van der Waals surface area contributed by atoms with Gasteiger partial charge >= 0.3 is 12.1 Å². The van der Waals surface area contributed by atoms with Crippen LogP contribution in [0.3, 0.4) is 0 Å². The highest BCUT2D eigenvalue weighted by Gasteiger charge is 2.36. The maximum absolute atomic E-state index is 13.3. The van der Waals surface area contributed by atoms with Crippen molar-refractivity contribution in [1.82, 2.24) is 9.88 Å². The number of carbonyl (C=O) groups excluding carboxylic acids is 1. The van der Waals surface area contributed by atoms with E-state index in [0.717, 1.165) is 34.9 Å². The van der Waals surface area contributed by atoms with Crippen molar-refractivity contribution in [2.75, 3.05) is 0 Å². The summed E-state index contributed by atoms with van der Waals surface area (Å²) < 4.78 is 65.6. The Morgan fingerprint density at radius 3 is 2.36 bits per heavy atom. The lowest BCUT2D eigenvalue weighted by Gasteiger charge is -2.17. The van der Waals surface area contributed by atoms with Crippen molar-refractivity contribution in [2.45, 2.75) is 42.6 Å². The fourth-order valence-electron chi connectivity index (χ4n) is 3.99. The maximum atomic E-state index is 13.3. The van der Waals surface area contributed by atoms with Crippen LogP contribution in [-0.4, -0.2) is 35.2 Å². The molecule has 12 heteroatoms. The molecule has 1 heterocycles.